The number of likely N-dealkylation sites (tertiary alicyclic amines) is 2. The van der Waals surface area contributed by atoms with Crippen molar-refractivity contribution < 1.29 is 38.5 Å². The molecule has 6 saturated heterocycles. The number of aryl methyl sites for hydroxylation is 1. The molecular weight excluding hydrogens is 996 g/mol. The Balaban J connectivity index is 0.609. The van der Waals surface area contributed by atoms with Crippen LogP contribution in [0.15, 0.2) is 65.6 Å². The maximum atomic E-state index is 14.6. The number of anilines is 1. The number of phenols is 1. The molecule has 3 N–H and O–H groups in total. The third kappa shape index (κ3) is 9.22. The number of rotatable bonds is 10. The fourth-order valence-corrected chi connectivity index (χ4v) is 14.8. The van der Waals surface area contributed by atoms with E-state index < -0.39 is 23.4 Å². The Kier molecular flexibility index (Phi) is 12.7. The van der Waals surface area contributed by atoms with Crippen LogP contribution >= 0.6 is 0 Å². The predicted molar refractivity (Wildman–Crippen MR) is 291 cm³/mol. The van der Waals surface area contributed by atoms with Crippen molar-refractivity contribution in [1.29, 1.82) is 0 Å². The summed E-state index contributed by atoms with van der Waals surface area (Å²) in [5.74, 6) is -0.0583. The van der Waals surface area contributed by atoms with Gasteiger partial charge in [-0.3, -0.25) is 33.9 Å². The van der Waals surface area contributed by atoms with E-state index in [-0.39, 0.29) is 52.9 Å². The summed E-state index contributed by atoms with van der Waals surface area (Å²) in [5.41, 5.74) is 3.28. The molecule has 4 atom stereocenters. The van der Waals surface area contributed by atoms with Crippen molar-refractivity contribution in [3.05, 3.63) is 82.7 Å². The summed E-state index contributed by atoms with van der Waals surface area (Å²) in [6.07, 6.45) is 13.6. The summed E-state index contributed by atoms with van der Waals surface area (Å²) >= 11 is 0. The highest BCUT2D eigenvalue weighted by Crippen LogP contribution is 2.52. The zero-order chi connectivity index (χ0) is 53.7. The lowest BCUT2D eigenvalue weighted by molar-refractivity contribution is -0.135. The van der Waals surface area contributed by atoms with Crippen LogP contribution in [-0.4, -0.2) is 149 Å². The number of fused-ring (bicyclic) bond motifs is 4. The maximum absolute atomic E-state index is 14.6. The lowest BCUT2D eigenvalue weighted by Gasteiger charge is -2.56. The van der Waals surface area contributed by atoms with Crippen molar-refractivity contribution in [3.63, 3.8) is 0 Å². The number of halogens is 1. The quantitative estimate of drug-likeness (QED) is 0.115. The fraction of sp³-hybridized carbons (Fsp3) is 0.542. The Morgan fingerprint density at radius 2 is 1.67 bits per heavy atom. The van der Waals surface area contributed by atoms with Gasteiger partial charge in [-0.25, -0.2) is 14.0 Å². The van der Waals surface area contributed by atoms with Crippen molar-refractivity contribution in [3.8, 4) is 23.0 Å². The summed E-state index contributed by atoms with van der Waals surface area (Å²) < 4.78 is 30.5. The second kappa shape index (κ2) is 19.6. The first-order valence-electron chi connectivity index (χ1n) is 28.3. The summed E-state index contributed by atoms with van der Waals surface area (Å²) in [6, 6.07) is 15.8. The molecule has 6 aliphatic heterocycles. The molecule has 1 saturated carbocycles. The number of carbonyl (C=O) groups is 3. The number of imide groups is 1. The highest BCUT2D eigenvalue weighted by atomic mass is 19.1. The number of aromatic nitrogens is 5. The molecule has 78 heavy (non-hydrogen) atoms. The minimum absolute atomic E-state index is 0.0427. The average Bonchev–Trinajstić information content (AvgIpc) is 4.08. The van der Waals surface area contributed by atoms with E-state index in [1.165, 1.54) is 17.7 Å². The maximum Gasteiger partial charge on any atom is 0.409 e. The van der Waals surface area contributed by atoms with E-state index in [1.54, 1.807) is 40.6 Å². The molecule has 9 heterocycles. The van der Waals surface area contributed by atoms with Gasteiger partial charge in [0, 0.05) is 63.5 Å². The van der Waals surface area contributed by atoms with E-state index >= 15 is 0 Å². The minimum atomic E-state index is -0.899. The number of nitrogens with one attached hydrogen (secondary N) is 1. The number of β-amino-alcohol motifs (C(OH)–C–C–N with tert-alkyl or cyclic N) is 1. The van der Waals surface area contributed by atoms with Crippen molar-refractivity contribution >= 4 is 56.4 Å². The largest absolute Gasteiger partial charge is 0.508 e. The highest BCUT2D eigenvalue weighted by Gasteiger charge is 2.52. The first-order valence-corrected chi connectivity index (χ1v) is 28.3. The Morgan fingerprint density at radius 1 is 0.859 bits per heavy atom. The zero-order valence-corrected chi connectivity index (χ0v) is 44.6. The van der Waals surface area contributed by atoms with Gasteiger partial charge in [0.25, 0.3) is 0 Å². The van der Waals surface area contributed by atoms with Gasteiger partial charge in [-0.05, 0) is 180 Å². The third-order valence-electron chi connectivity index (χ3n) is 19.2. The molecule has 1 unspecified atom stereocenters. The number of phenolic OH excluding ortho intramolecular Hbond substituents is 1. The first-order chi connectivity index (χ1) is 37.6. The fourth-order valence-electron chi connectivity index (χ4n) is 14.8. The topological polar surface area (TPSA) is 201 Å². The molecule has 19 heteroatoms. The van der Waals surface area contributed by atoms with Crippen LogP contribution in [0.3, 0.4) is 0 Å². The molecule has 3 aromatic heterocycles. The van der Waals surface area contributed by atoms with E-state index in [2.05, 4.69) is 32.1 Å². The van der Waals surface area contributed by atoms with Gasteiger partial charge in [0.1, 0.15) is 36.6 Å². The molecule has 6 aromatic rings. The first kappa shape index (κ1) is 50.8. The summed E-state index contributed by atoms with van der Waals surface area (Å²) in [7, 11) is 1.75. The molecule has 1 aliphatic carbocycles. The molecule has 3 amide bonds. The molecule has 7 fully saturated rings. The number of nitrogens with zero attached hydrogens (tertiary/aromatic N) is 9. The molecule has 7 aliphatic rings. The van der Waals surface area contributed by atoms with Crippen LogP contribution in [0.2, 0.25) is 0 Å². The Labute approximate surface area is 451 Å². The number of pyridine rings is 1. The van der Waals surface area contributed by atoms with Crippen LogP contribution in [-0.2, 0) is 21.4 Å². The van der Waals surface area contributed by atoms with Gasteiger partial charge in [0.15, 0.2) is 0 Å². The molecular formula is C59H69FN10O8. The Hall–Kier alpha value is -6.70. The zero-order valence-electron chi connectivity index (χ0n) is 44.6. The van der Waals surface area contributed by atoms with Crippen LogP contribution < -0.4 is 20.6 Å². The van der Waals surface area contributed by atoms with Crippen LogP contribution in [0.4, 0.5) is 15.0 Å². The highest BCUT2D eigenvalue weighted by molar-refractivity contribution is 6.01. The lowest BCUT2D eigenvalue weighted by Crippen LogP contribution is -2.56. The summed E-state index contributed by atoms with van der Waals surface area (Å²) in [5, 5.41) is 26.2. The van der Waals surface area contributed by atoms with Crippen LogP contribution in [0.1, 0.15) is 114 Å². The minimum Gasteiger partial charge on any atom is -0.508 e. The number of aromatic hydroxyl groups is 1. The van der Waals surface area contributed by atoms with Gasteiger partial charge in [-0.2, -0.15) is 9.97 Å². The van der Waals surface area contributed by atoms with Crippen LogP contribution in [0, 0.1) is 11.2 Å². The molecule has 0 radical (unpaired) electrons. The second-order valence-corrected chi connectivity index (χ2v) is 24.2. The summed E-state index contributed by atoms with van der Waals surface area (Å²) in [6.45, 7) is 7.97. The monoisotopic (exact) mass is 1060 g/mol. The van der Waals surface area contributed by atoms with Crippen molar-refractivity contribution in [1.82, 2.24) is 44.1 Å². The molecule has 1 spiro atoms. The lowest BCUT2D eigenvalue weighted by atomic mass is 9.59. The Bertz CT molecular complexity index is 3430. The average molecular weight is 1070 g/mol. The third-order valence-corrected chi connectivity index (χ3v) is 19.2. The normalized spacial score (nSPS) is 26.3. The molecule has 0 bridgehead atoms. The number of hydrogen-bond donors (Lipinski definition) is 3. The van der Waals surface area contributed by atoms with E-state index in [9.17, 15) is 33.8 Å². The number of imidazole rings is 1. The number of ether oxygens (including phenoxy) is 2. The number of carbonyl (C=O) groups excluding carboxylic acids is 3. The van der Waals surface area contributed by atoms with Gasteiger partial charge in [0.05, 0.1) is 38.8 Å². The molecule has 3 aromatic carbocycles. The van der Waals surface area contributed by atoms with Crippen molar-refractivity contribution in [2.24, 2.45) is 12.5 Å². The van der Waals surface area contributed by atoms with Crippen LogP contribution in [0.5, 0.6) is 11.8 Å². The van der Waals surface area contributed by atoms with Gasteiger partial charge in [0.2, 0.25) is 11.8 Å². The van der Waals surface area contributed by atoms with Gasteiger partial charge in [-0.1, -0.05) is 12.1 Å². The number of aliphatic hydroxyl groups is 1. The predicted octanol–water partition coefficient (Wildman–Crippen LogP) is 7.31. The van der Waals surface area contributed by atoms with E-state index in [0.29, 0.717) is 103 Å². The SMILES string of the molecule is Cn1c(=O)n(C2CCC(=O)NC2=O)c2ccc(C3CCN(C4CC5(CCN(C(=O)OC[C@@H]6CC[C@]7(COc8nc(N9CCC[C@@](C)(O)C9)c9cnc(-c%10cc(O)cc%11ccc(F)cc%10%11)cc9n8)CCCN67)CC5)C4)CC3)cc21. The Morgan fingerprint density at radius 3 is 2.46 bits per heavy atom. The number of piperidine rings is 4. The standard InChI is InChI=1S/C59H69FN10O8/c1-57(76)14-3-19-68(34-57)52-45-32-61-46(44-28-42(71)25-38-5-7-39(60)27-43(38)44)29-47(45)62-54(64-52)78-35-59-15-4-20-69(59)40(11-16-59)33-77-56(75)67-23-17-58(18-24-67)30-41(31-58)66-21-12-36(13-22-66)37-6-8-48-50(26-37)65(2)55(74)70(48)49-9-10-51(72)63-53(49)73/h5-8,25-29,32,36,40-41,49,71,76H,3-4,9-24,30-31,33-35H2,1-2H3,(H,63,72,73)/t40-,49?,57+,59-/m0/s1. The summed E-state index contributed by atoms with van der Waals surface area (Å²) in [4.78, 5) is 75.4. The smallest absolute Gasteiger partial charge is 0.409 e. The molecule has 18 nitrogen and oxygen atoms in total. The number of benzene rings is 3. The van der Waals surface area contributed by atoms with E-state index in [1.807, 2.05) is 24.0 Å². The second-order valence-electron chi connectivity index (χ2n) is 24.2. The number of amides is 3. The molecule has 410 valence electrons. The van der Waals surface area contributed by atoms with E-state index in [4.69, 9.17) is 24.4 Å². The van der Waals surface area contributed by atoms with Crippen molar-refractivity contribution in [2.45, 2.75) is 132 Å². The van der Waals surface area contributed by atoms with Crippen molar-refractivity contribution in [2.75, 3.05) is 63.9 Å². The van der Waals surface area contributed by atoms with E-state index in [0.717, 1.165) is 101 Å². The van der Waals surface area contributed by atoms with Gasteiger partial charge < -0.3 is 34.4 Å². The van der Waals surface area contributed by atoms with Crippen LogP contribution in [0.25, 0.3) is 44.0 Å². The van der Waals surface area contributed by atoms with Gasteiger partial charge in [-0.15, -0.1) is 0 Å². The van der Waals surface area contributed by atoms with Gasteiger partial charge >= 0.3 is 17.8 Å². The molecule has 13 rings (SSSR count). The number of hydrogen-bond acceptors (Lipinski definition) is 14.